The summed E-state index contributed by atoms with van der Waals surface area (Å²) in [5, 5.41) is 0.618. The standard InChI is InChI=1S/C9H17BrN2O2/c1-2-3-6-12(7-8(11)13)9(14)4-5-10/h2-7H2,1H3,(H2,11,13). The number of hydrogen-bond donors (Lipinski definition) is 1. The van der Waals surface area contributed by atoms with Gasteiger partial charge in [-0.3, -0.25) is 9.59 Å². The number of alkyl halides is 1. The normalized spacial score (nSPS) is 9.86. The van der Waals surface area contributed by atoms with Gasteiger partial charge in [-0.15, -0.1) is 0 Å². The van der Waals surface area contributed by atoms with E-state index in [1.165, 1.54) is 4.90 Å². The number of rotatable bonds is 7. The van der Waals surface area contributed by atoms with Crippen molar-refractivity contribution in [1.29, 1.82) is 0 Å². The van der Waals surface area contributed by atoms with Crippen LogP contribution in [0.2, 0.25) is 0 Å². The van der Waals surface area contributed by atoms with Crippen LogP contribution in [0.4, 0.5) is 0 Å². The van der Waals surface area contributed by atoms with Gasteiger partial charge < -0.3 is 10.6 Å². The minimum absolute atomic E-state index is 0.0193. The molecule has 2 amide bonds. The summed E-state index contributed by atoms with van der Waals surface area (Å²) in [6, 6.07) is 0. The maximum atomic E-state index is 11.5. The second kappa shape index (κ2) is 7.79. The van der Waals surface area contributed by atoms with E-state index < -0.39 is 5.91 Å². The lowest BCUT2D eigenvalue weighted by atomic mass is 10.3. The van der Waals surface area contributed by atoms with E-state index in [4.69, 9.17) is 5.73 Å². The molecule has 0 aliphatic heterocycles. The minimum Gasteiger partial charge on any atom is -0.368 e. The fourth-order valence-corrected chi connectivity index (χ4v) is 1.41. The highest BCUT2D eigenvalue weighted by Gasteiger charge is 2.13. The molecular weight excluding hydrogens is 248 g/mol. The summed E-state index contributed by atoms with van der Waals surface area (Å²) in [7, 11) is 0. The summed E-state index contributed by atoms with van der Waals surface area (Å²) in [6.45, 7) is 2.69. The maximum absolute atomic E-state index is 11.5. The van der Waals surface area contributed by atoms with Crippen molar-refractivity contribution < 1.29 is 9.59 Å². The summed E-state index contributed by atoms with van der Waals surface area (Å²) in [5.74, 6) is -0.474. The molecule has 0 heterocycles. The van der Waals surface area contributed by atoms with Gasteiger partial charge in [0, 0.05) is 18.3 Å². The fraction of sp³-hybridized carbons (Fsp3) is 0.778. The molecule has 4 nitrogen and oxygen atoms in total. The predicted octanol–water partition coefficient (Wildman–Crippen LogP) is 0.885. The number of amides is 2. The summed E-state index contributed by atoms with van der Waals surface area (Å²) in [6.07, 6.45) is 2.31. The molecule has 0 aromatic heterocycles. The monoisotopic (exact) mass is 264 g/mol. The van der Waals surface area contributed by atoms with Crippen LogP contribution in [-0.4, -0.2) is 35.1 Å². The lowest BCUT2D eigenvalue weighted by Gasteiger charge is -2.20. The van der Waals surface area contributed by atoms with Crippen LogP contribution >= 0.6 is 15.9 Å². The Morgan fingerprint density at radius 2 is 2.07 bits per heavy atom. The summed E-state index contributed by atoms with van der Waals surface area (Å²) in [5.41, 5.74) is 5.05. The van der Waals surface area contributed by atoms with E-state index in [9.17, 15) is 9.59 Å². The molecule has 2 N–H and O–H groups in total. The minimum atomic E-state index is -0.455. The van der Waals surface area contributed by atoms with Gasteiger partial charge in [-0.25, -0.2) is 0 Å². The van der Waals surface area contributed by atoms with E-state index in [1.54, 1.807) is 0 Å². The third-order valence-electron chi connectivity index (χ3n) is 1.79. The third kappa shape index (κ3) is 5.96. The topological polar surface area (TPSA) is 63.4 Å². The first-order valence-electron chi connectivity index (χ1n) is 4.73. The van der Waals surface area contributed by atoms with Crippen molar-refractivity contribution in [2.24, 2.45) is 5.73 Å². The Morgan fingerprint density at radius 1 is 1.43 bits per heavy atom. The first-order valence-corrected chi connectivity index (χ1v) is 5.86. The number of primary amides is 1. The molecule has 0 rings (SSSR count). The number of carbonyl (C=O) groups is 2. The zero-order valence-corrected chi connectivity index (χ0v) is 10.0. The number of hydrogen-bond acceptors (Lipinski definition) is 2. The van der Waals surface area contributed by atoms with E-state index in [0.29, 0.717) is 18.3 Å². The Balaban J connectivity index is 4.08. The fourth-order valence-electron chi connectivity index (χ4n) is 1.07. The van der Waals surface area contributed by atoms with E-state index in [2.05, 4.69) is 15.9 Å². The molecule has 0 unspecified atom stereocenters. The van der Waals surface area contributed by atoms with Crippen LogP contribution in [0.15, 0.2) is 0 Å². The van der Waals surface area contributed by atoms with Gasteiger partial charge in [0.15, 0.2) is 0 Å². The number of unbranched alkanes of at least 4 members (excludes halogenated alkanes) is 1. The second-order valence-corrected chi connectivity index (χ2v) is 3.87. The van der Waals surface area contributed by atoms with Crippen LogP contribution < -0.4 is 5.73 Å². The van der Waals surface area contributed by atoms with Crippen molar-refractivity contribution in [2.45, 2.75) is 26.2 Å². The Hall–Kier alpha value is -0.580. The van der Waals surface area contributed by atoms with Gasteiger partial charge in [0.2, 0.25) is 11.8 Å². The van der Waals surface area contributed by atoms with Crippen molar-refractivity contribution in [1.82, 2.24) is 4.90 Å². The molecular formula is C9H17BrN2O2. The zero-order valence-electron chi connectivity index (χ0n) is 8.46. The lowest BCUT2D eigenvalue weighted by molar-refractivity contribution is -0.134. The van der Waals surface area contributed by atoms with Crippen molar-refractivity contribution >= 4 is 27.7 Å². The molecule has 0 aliphatic carbocycles. The van der Waals surface area contributed by atoms with E-state index >= 15 is 0 Å². The summed E-state index contributed by atoms with van der Waals surface area (Å²) in [4.78, 5) is 23.7. The molecule has 0 aromatic carbocycles. The molecule has 0 saturated carbocycles. The average molecular weight is 265 g/mol. The van der Waals surface area contributed by atoms with Crippen LogP contribution in [0.25, 0.3) is 0 Å². The van der Waals surface area contributed by atoms with E-state index in [1.807, 2.05) is 6.92 Å². The van der Waals surface area contributed by atoms with E-state index in [0.717, 1.165) is 12.8 Å². The van der Waals surface area contributed by atoms with Crippen LogP contribution in [0.1, 0.15) is 26.2 Å². The summed E-state index contributed by atoms with van der Waals surface area (Å²) >= 11 is 3.19. The highest BCUT2D eigenvalue weighted by atomic mass is 79.9. The number of carbonyl (C=O) groups excluding carboxylic acids is 2. The second-order valence-electron chi connectivity index (χ2n) is 3.07. The van der Waals surface area contributed by atoms with Crippen molar-refractivity contribution in [3.05, 3.63) is 0 Å². The zero-order chi connectivity index (χ0) is 11.0. The molecule has 0 aromatic rings. The summed E-state index contributed by atoms with van der Waals surface area (Å²) < 4.78 is 0. The van der Waals surface area contributed by atoms with Gasteiger partial charge in [0.05, 0.1) is 6.54 Å². The van der Waals surface area contributed by atoms with Crippen LogP contribution in [-0.2, 0) is 9.59 Å². The maximum Gasteiger partial charge on any atom is 0.237 e. The quantitative estimate of drug-likeness (QED) is 0.695. The molecule has 0 atom stereocenters. The van der Waals surface area contributed by atoms with Gasteiger partial charge in [-0.2, -0.15) is 0 Å². The van der Waals surface area contributed by atoms with Crippen LogP contribution in [0, 0.1) is 0 Å². The van der Waals surface area contributed by atoms with Gasteiger partial charge in [-0.1, -0.05) is 29.3 Å². The Labute approximate surface area is 92.9 Å². The number of nitrogens with two attached hydrogens (primary N) is 1. The van der Waals surface area contributed by atoms with Gasteiger partial charge in [0.1, 0.15) is 0 Å². The molecule has 14 heavy (non-hydrogen) atoms. The highest BCUT2D eigenvalue weighted by molar-refractivity contribution is 9.09. The molecule has 0 saturated heterocycles. The molecule has 0 aliphatic rings. The predicted molar refractivity (Wildman–Crippen MR) is 59.1 cm³/mol. The third-order valence-corrected chi connectivity index (χ3v) is 2.19. The van der Waals surface area contributed by atoms with Crippen molar-refractivity contribution in [3.8, 4) is 0 Å². The van der Waals surface area contributed by atoms with Crippen molar-refractivity contribution in [3.63, 3.8) is 0 Å². The Kier molecular flexibility index (Phi) is 7.47. The number of nitrogens with zero attached hydrogens (tertiary/aromatic N) is 1. The molecule has 0 bridgehead atoms. The number of halogens is 1. The van der Waals surface area contributed by atoms with Gasteiger partial charge >= 0.3 is 0 Å². The first-order chi connectivity index (χ1) is 6.61. The molecule has 0 spiro atoms. The molecule has 82 valence electrons. The lowest BCUT2D eigenvalue weighted by Crippen LogP contribution is -2.39. The van der Waals surface area contributed by atoms with Crippen LogP contribution in [0.5, 0.6) is 0 Å². The molecule has 5 heteroatoms. The first kappa shape index (κ1) is 13.4. The van der Waals surface area contributed by atoms with E-state index in [-0.39, 0.29) is 12.5 Å². The van der Waals surface area contributed by atoms with Gasteiger partial charge in [-0.05, 0) is 6.42 Å². The average Bonchev–Trinajstić information content (AvgIpc) is 2.12. The SMILES string of the molecule is CCCCN(CC(N)=O)C(=O)CCBr. The Morgan fingerprint density at radius 3 is 2.50 bits per heavy atom. The largest absolute Gasteiger partial charge is 0.368 e. The molecule has 0 radical (unpaired) electrons. The highest BCUT2D eigenvalue weighted by Crippen LogP contribution is 2.00. The Bertz CT molecular complexity index is 197. The van der Waals surface area contributed by atoms with Crippen molar-refractivity contribution in [2.75, 3.05) is 18.4 Å². The smallest absolute Gasteiger partial charge is 0.237 e. The van der Waals surface area contributed by atoms with Gasteiger partial charge in [0.25, 0.3) is 0 Å². The molecule has 0 fully saturated rings. The van der Waals surface area contributed by atoms with Crippen LogP contribution in [0.3, 0.4) is 0 Å².